The van der Waals surface area contributed by atoms with Crippen LogP contribution in [0, 0.1) is 0 Å². The van der Waals surface area contributed by atoms with Crippen molar-refractivity contribution >= 4 is 19.9 Å². The van der Waals surface area contributed by atoms with E-state index in [1.54, 1.807) is 4.90 Å². The van der Waals surface area contributed by atoms with Crippen molar-refractivity contribution in [1.29, 1.82) is 0 Å². The normalized spacial score (nSPS) is 14.8. The molecule has 2 aromatic rings. The standard InChI is InChI=1S/C24H34N2O2Si/c1-24(2,3)29(5,6)28-13-7-8-18-14-21(17-25-16-18)19-9-11-22-20(15-19)10-12-23(27)26(22)4/h9,11,14-17H,7-8,10,12-13H2,1-6H3. The lowest BCUT2D eigenvalue weighted by Gasteiger charge is -2.36. The van der Waals surface area contributed by atoms with Gasteiger partial charge in [0.05, 0.1) is 0 Å². The third-order valence-electron chi connectivity index (χ3n) is 6.43. The van der Waals surface area contributed by atoms with Crippen LogP contribution in [0.5, 0.6) is 0 Å². The van der Waals surface area contributed by atoms with Crippen LogP contribution in [-0.4, -0.2) is 32.9 Å². The Morgan fingerprint density at radius 1 is 1.10 bits per heavy atom. The number of hydrogen-bond donors (Lipinski definition) is 0. The van der Waals surface area contributed by atoms with Gasteiger partial charge in [-0.3, -0.25) is 9.78 Å². The number of aromatic nitrogens is 1. The molecule has 1 amide bonds. The average molecular weight is 411 g/mol. The fourth-order valence-electron chi connectivity index (χ4n) is 3.44. The molecule has 0 aliphatic carbocycles. The van der Waals surface area contributed by atoms with Gasteiger partial charge >= 0.3 is 0 Å². The van der Waals surface area contributed by atoms with Crippen molar-refractivity contribution in [2.24, 2.45) is 0 Å². The molecular weight excluding hydrogens is 376 g/mol. The molecule has 156 valence electrons. The molecule has 3 rings (SSSR count). The van der Waals surface area contributed by atoms with Crippen LogP contribution in [0.15, 0.2) is 36.7 Å². The molecule has 0 unspecified atom stereocenters. The number of fused-ring (bicyclic) bond motifs is 1. The Morgan fingerprint density at radius 2 is 1.86 bits per heavy atom. The van der Waals surface area contributed by atoms with Crippen molar-refractivity contribution in [3.8, 4) is 11.1 Å². The van der Waals surface area contributed by atoms with E-state index in [2.05, 4.69) is 63.1 Å². The molecule has 1 aliphatic heterocycles. The van der Waals surface area contributed by atoms with Crippen LogP contribution >= 0.6 is 0 Å². The first kappa shape index (κ1) is 21.7. The number of pyridine rings is 1. The minimum Gasteiger partial charge on any atom is -0.417 e. The van der Waals surface area contributed by atoms with E-state index in [0.717, 1.165) is 37.1 Å². The third kappa shape index (κ3) is 4.96. The van der Waals surface area contributed by atoms with E-state index < -0.39 is 8.32 Å². The first-order chi connectivity index (χ1) is 13.6. The minimum atomic E-state index is -1.67. The van der Waals surface area contributed by atoms with E-state index in [4.69, 9.17) is 4.43 Å². The molecule has 1 aromatic carbocycles. The molecule has 4 nitrogen and oxygen atoms in total. The number of anilines is 1. The molecule has 0 saturated heterocycles. The second-order valence-corrected chi connectivity index (χ2v) is 14.4. The number of carbonyl (C=O) groups excluding carboxylic acids is 1. The number of amides is 1. The number of aryl methyl sites for hydroxylation is 2. The first-order valence-electron chi connectivity index (χ1n) is 10.6. The van der Waals surface area contributed by atoms with E-state index in [0.29, 0.717) is 6.42 Å². The SMILES string of the molecule is CN1C(=O)CCc2cc(-c3cncc(CCCO[Si](C)(C)C(C)(C)C)c3)ccc21. The lowest BCUT2D eigenvalue weighted by Crippen LogP contribution is -2.41. The van der Waals surface area contributed by atoms with Gasteiger partial charge in [0.25, 0.3) is 0 Å². The van der Waals surface area contributed by atoms with Gasteiger partial charge in [-0.25, -0.2) is 0 Å². The molecule has 1 aliphatic rings. The minimum absolute atomic E-state index is 0.189. The fraction of sp³-hybridized carbons (Fsp3) is 0.500. The van der Waals surface area contributed by atoms with E-state index >= 15 is 0 Å². The molecule has 2 heterocycles. The average Bonchev–Trinajstić information content (AvgIpc) is 2.67. The van der Waals surface area contributed by atoms with E-state index in [-0.39, 0.29) is 10.9 Å². The summed E-state index contributed by atoms with van der Waals surface area (Å²) < 4.78 is 6.30. The maximum atomic E-state index is 11.9. The highest BCUT2D eigenvalue weighted by molar-refractivity contribution is 6.74. The number of nitrogens with zero attached hydrogens (tertiary/aromatic N) is 2. The number of hydrogen-bond acceptors (Lipinski definition) is 3. The van der Waals surface area contributed by atoms with E-state index in [1.807, 2.05) is 19.4 Å². The van der Waals surface area contributed by atoms with Crippen LogP contribution in [-0.2, 0) is 22.1 Å². The van der Waals surface area contributed by atoms with Gasteiger partial charge in [0.1, 0.15) is 0 Å². The molecule has 0 fully saturated rings. The molecule has 0 bridgehead atoms. The van der Waals surface area contributed by atoms with Crippen LogP contribution in [0.3, 0.4) is 0 Å². The highest BCUT2D eigenvalue weighted by Crippen LogP contribution is 2.36. The summed E-state index contributed by atoms with van der Waals surface area (Å²) in [6.07, 6.45) is 7.26. The van der Waals surface area contributed by atoms with Crippen molar-refractivity contribution in [1.82, 2.24) is 4.98 Å². The van der Waals surface area contributed by atoms with Gasteiger partial charge in [0.15, 0.2) is 8.32 Å². The van der Waals surface area contributed by atoms with Crippen LogP contribution in [0.4, 0.5) is 5.69 Å². The molecule has 0 atom stereocenters. The third-order valence-corrected chi connectivity index (χ3v) is 11.0. The van der Waals surface area contributed by atoms with Gasteiger partial charge in [0.2, 0.25) is 5.91 Å². The molecule has 29 heavy (non-hydrogen) atoms. The van der Waals surface area contributed by atoms with Crippen molar-refractivity contribution in [3.63, 3.8) is 0 Å². The zero-order valence-corrected chi connectivity index (χ0v) is 19.7. The van der Waals surface area contributed by atoms with E-state index in [1.165, 1.54) is 16.7 Å². The molecule has 0 saturated carbocycles. The zero-order chi connectivity index (χ0) is 21.2. The Balaban J connectivity index is 1.65. The Kier molecular flexibility index (Phi) is 6.29. The van der Waals surface area contributed by atoms with Crippen LogP contribution in [0.1, 0.15) is 44.7 Å². The number of carbonyl (C=O) groups is 1. The largest absolute Gasteiger partial charge is 0.417 e. The lowest BCUT2D eigenvalue weighted by atomic mass is 9.96. The van der Waals surface area contributed by atoms with Gasteiger partial charge in [-0.1, -0.05) is 26.8 Å². The summed E-state index contributed by atoms with van der Waals surface area (Å²) >= 11 is 0. The highest BCUT2D eigenvalue weighted by Gasteiger charge is 2.36. The quantitative estimate of drug-likeness (QED) is 0.459. The molecule has 5 heteroatoms. The Bertz CT molecular complexity index is 887. The fourth-order valence-corrected chi connectivity index (χ4v) is 4.53. The van der Waals surface area contributed by atoms with Gasteiger partial charge < -0.3 is 9.33 Å². The summed E-state index contributed by atoms with van der Waals surface area (Å²) in [5.41, 5.74) is 5.80. The molecule has 0 radical (unpaired) electrons. The lowest BCUT2D eigenvalue weighted by molar-refractivity contribution is -0.118. The van der Waals surface area contributed by atoms with E-state index in [9.17, 15) is 4.79 Å². The van der Waals surface area contributed by atoms with Gasteiger partial charge in [-0.05, 0) is 72.3 Å². The summed E-state index contributed by atoms with van der Waals surface area (Å²) in [5.74, 6) is 0.189. The number of rotatable bonds is 6. The predicted octanol–water partition coefficient (Wildman–Crippen LogP) is 5.61. The van der Waals surface area contributed by atoms with Gasteiger partial charge in [0, 0.05) is 43.7 Å². The molecule has 0 spiro atoms. The predicted molar refractivity (Wildman–Crippen MR) is 123 cm³/mol. The number of benzene rings is 1. The smallest absolute Gasteiger partial charge is 0.227 e. The zero-order valence-electron chi connectivity index (χ0n) is 18.7. The van der Waals surface area contributed by atoms with Crippen molar-refractivity contribution < 1.29 is 9.22 Å². The highest BCUT2D eigenvalue weighted by atomic mass is 28.4. The van der Waals surface area contributed by atoms with Crippen LogP contribution in [0.2, 0.25) is 18.1 Å². The summed E-state index contributed by atoms with van der Waals surface area (Å²) in [6.45, 7) is 12.2. The monoisotopic (exact) mass is 410 g/mol. The summed E-state index contributed by atoms with van der Waals surface area (Å²) in [5, 5.41) is 0.250. The van der Waals surface area contributed by atoms with Crippen LogP contribution in [0.25, 0.3) is 11.1 Å². The van der Waals surface area contributed by atoms with Gasteiger partial charge in [-0.2, -0.15) is 0 Å². The van der Waals surface area contributed by atoms with Gasteiger partial charge in [-0.15, -0.1) is 0 Å². The second-order valence-electron chi connectivity index (χ2n) is 9.59. The molecular formula is C24H34N2O2Si. The maximum Gasteiger partial charge on any atom is 0.227 e. The Labute approximate surface area is 176 Å². The summed E-state index contributed by atoms with van der Waals surface area (Å²) in [7, 11) is 0.180. The maximum absolute atomic E-state index is 11.9. The Morgan fingerprint density at radius 3 is 2.59 bits per heavy atom. The Hall–Kier alpha value is -1.98. The second kappa shape index (κ2) is 8.40. The summed E-state index contributed by atoms with van der Waals surface area (Å²) in [4.78, 5) is 18.1. The summed E-state index contributed by atoms with van der Waals surface area (Å²) in [6, 6.07) is 8.59. The van der Waals surface area contributed by atoms with Crippen molar-refractivity contribution in [2.45, 2.75) is 64.6 Å². The topological polar surface area (TPSA) is 42.4 Å². The molecule has 1 aromatic heterocycles. The van der Waals surface area contributed by atoms with Crippen molar-refractivity contribution in [2.75, 3.05) is 18.6 Å². The van der Waals surface area contributed by atoms with Crippen LogP contribution < -0.4 is 4.90 Å². The van der Waals surface area contributed by atoms with Crippen molar-refractivity contribution in [3.05, 3.63) is 47.8 Å². The first-order valence-corrected chi connectivity index (χ1v) is 13.5. The molecule has 0 N–H and O–H groups in total.